The fraction of sp³-hybridized carbons (Fsp3) is 0.273. The summed E-state index contributed by atoms with van der Waals surface area (Å²) >= 11 is 0. The largest absolute Gasteiger partial charge is 0.497 e. The van der Waals surface area contributed by atoms with Gasteiger partial charge >= 0.3 is 0 Å². The molecule has 94 valence electrons. The number of nitrogens with two attached hydrogens (primary N) is 1. The Labute approximate surface area is 104 Å². The van der Waals surface area contributed by atoms with Crippen molar-refractivity contribution in [3.63, 3.8) is 0 Å². The third-order valence-electron chi connectivity index (χ3n) is 2.43. The Morgan fingerprint density at radius 3 is 2.89 bits per heavy atom. The van der Waals surface area contributed by atoms with Crippen LogP contribution in [0.1, 0.15) is 16.2 Å². The van der Waals surface area contributed by atoms with Gasteiger partial charge in [-0.3, -0.25) is 4.79 Å². The molecule has 2 aromatic rings. The van der Waals surface area contributed by atoms with Gasteiger partial charge in [0.1, 0.15) is 5.75 Å². The Balaban J connectivity index is 2.23. The molecular weight excluding hydrogens is 234 g/mol. The number of anilines is 1. The number of carbonyl (C=O) groups is 1. The van der Waals surface area contributed by atoms with Crippen LogP contribution in [0.2, 0.25) is 0 Å². The zero-order valence-corrected chi connectivity index (χ0v) is 10.1. The molecule has 0 bridgehead atoms. The molecule has 0 atom stereocenters. The van der Waals surface area contributed by atoms with Crippen LogP contribution in [0.15, 0.2) is 18.2 Å². The molecule has 0 unspecified atom stereocenters. The van der Waals surface area contributed by atoms with E-state index in [2.05, 4.69) is 15.4 Å². The van der Waals surface area contributed by atoms with Gasteiger partial charge in [0.25, 0.3) is 0 Å². The highest BCUT2D eigenvalue weighted by molar-refractivity contribution is 6.01. The van der Waals surface area contributed by atoms with Crippen LogP contribution < -0.4 is 10.5 Å². The maximum atomic E-state index is 12.1. The van der Waals surface area contributed by atoms with Gasteiger partial charge in [0.05, 0.1) is 20.6 Å². The van der Waals surface area contributed by atoms with Crippen LogP contribution in [0.5, 0.6) is 5.75 Å². The maximum absolute atomic E-state index is 12.1. The minimum Gasteiger partial charge on any atom is -0.497 e. The van der Waals surface area contributed by atoms with Crippen LogP contribution in [0.4, 0.5) is 5.69 Å². The highest BCUT2D eigenvalue weighted by atomic mass is 16.5. The van der Waals surface area contributed by atoms with Crippen molar-refractivity contribution in [1.82, 2.24) is 20.2 Å². The molecule has 1 aromatic heterocycles. The summed E-state index contributed by atoms with van der Waals surface area (Å²) in [6.45, 7) is 0. The highest BCUT2D eigenvalue weighted by Gasteiger charge is 2.14. The van der Waals surface area contributed by atoms with Gasteiger partial charge in [-0.2, -0.15) is 4.80 Å². The fourth-order valence-electron chi connectivity index (χ4n) is 1.54. The number of rotatable bonds is 4. The van der Waals surface area contributed by atoms with Crippen LogP contribution >= 0.6 is 0 Å². The van der Waals surface area contributed by atoms with Crippen LogP contribution in [0.25, 0.3) is 0 Å². The number of hydrogen-bond acceptors (Lipinski definition) is 6. The van der Waals surface area contributed by atoms with Crippen molar-refractivity contribution in [3.8, 4) is 5.75 Å². The summed E-state index contributed by atoms with van der Waals surface area (Å²) in [6.07, 6.45) is 0.0607. The number of nitrogens with zero attached hydrogens (tertiary/aromatic N) is 4. The molecule has 0 radical (unpaired) electrons. The van der Waals surface area contributed by atoms with Crippen LogP contribution in [0.3, 0.4) is 0 Å². The van der Waals surface area contributed by atoms with Crippen LogP contribution in [0, 0.1) is 0 Å². The molecule has 18 heavy (non-hydrogen) atoms. The maximum Gasteiger partial charge on any atom is 0.182 e. The predicted molar refractivity (Wildman–Crippen MR) is 64.2 cm³/mol. The van der Waals surface area contributed by atoms with E-state index >= 15 is 0 Å². The number of nitrogen functional groups attached to an aromatic ring is 1. The van der Waals surface area contributed by atoms with Crippen molar-refractivity contribution in [2.24, 2.45) is 7.05 Å². The molecule has 1 aromatic carbocycles. The first-order chi connectivity index (χ1) is 8.60. The molecule has 2 rings (SSSR count). The second-order valence-electron chi connectivity index (χ2n) is 3.75. The normalized spacial score (nSPS) is 10.3. The predicted octanol–water partition coefficient (Wildman–Crippen LogP) is 0.226. The van der Waals surface area contributed by atoms with E-state index in [1.807, 2.05) is 0 Å². The lowest BCUT2D eigenvalue weighted by molar-refractivity contribution is 0.0991. The molecule has 0 saturated heterocycles. The Morgan fingerprint density at radius 1 is 1.50 bits per heavy atom. The van der Waals surface area contributed by atoms with E-state index < -0.39 is 0 Å². The number of methoxy groups -OCH3 is 1. The van der Waals surface area contributed by atoms with Crippen molar-refractivity contribution in [3.05, 3.63) is 29.6 Å². The van der Waals surface area contributed by atoms with Crippen LogP contribution in [-0.2, 0) is 13.5 Å². The van der Waals surface area contributed by atoms with Crippen LogP contribution in [-0.4, -0.2) is 33.1 Å². The van der Waals surface area contributed by atoms with Gasteiger partial charge in [0.2, 0.25) is 0 Å². The number of aryl methyl sites for hydroxylation is 1. The lowest BCUT2D eigenvalue weighted by Crippen LogP contribution is -2.08. The van der Waals surface area contributed by atoms with Crippen molar-refractivity contribution >= 4 is 11.5 Å². The number of benzene rings is 1. The average molecular weight is 247 g/mol. The smallest absolute Gasteiger partial charge is 0.182 e. The molecule has 0 aliphatic carbocycles. The number of aromatic nitrogens is 4. The first-order valence-electron chi connectivity index (χ1n) is 5.29. The number of Topliss-reactive ketones (excluding diaryl/α,β-unsaturated/α-hetero) is 1. The molecule has 0 aliphatic heterocycles. The summed E-state index contributed by atoms with van der Waals surface area (Å²) in [5.74, 6) is 0.781. The van der Waals surface area contributed by atoms with E-state index in [0.29, 0.717) is 22.8 Å². The third kappa shape index (κ3) is 2.45. The second-order valence-corrected chi connectivity index (χ2v) is 3.75. The summed E-state index contributed by atoms with van der Waals surface area (Å²) in [5, 5.41) is 11.4. The molecule has 0 aliphatic rings. The summed E-state index contributed by atoms with van der Waals surface area (Å²) < 4.78 is 5.06. The second kappa shape index (κ2) is 4.82. The van der Waals surface area contributed by atoms with Gasteiger partial charge in [-0.1, -0.05) is 0 Å². The number of hydrogen-bond donors (Lipinski definition) is 1. The Bertz CT molecular complexity index is 579. The van der Waals surface area contributed by atoms with Crippen molar-refractivity contribution in [1.29, 1.82) is 0 Å². The molecule has 0 saturated carbocycles. The zero-order valence-electron chi connectivity index (χ0n) is 10.1. The van der Waals surface area contributed by atoms with Gasteiger partial charge in [-0.25, -0.2) is 0 Å². The van der Waals surface area contributed by atoms with E-state index in [1.165, 1.54) is 11.9 Å². The topological polar surface area (TPSA) is 95.9 Å². The zero-order chi connectivity index (χ0) is 13.1. The molecular formula is C11H13N5O2. The molecule has 0 amide bonds. The lowest BCUT2D eigenvalue weighted by atomic mass is 10.1. The SMILES string of the molecule is COc1ccc(N)c(C(=O)Cc2nnn(C)n2)c1. The standard InChI is InChI=1S/C11H13N5O2/c1-16-14-11(13-15-16)6-10(17)8-5-7(18-2)3-4-9(8)12/h3-5H,6,12H2,1-2H3. The molecule has 2 N–H and O–H groups in total. The minimum atomic E-state index is -0.167. The first kappa shape index (κ1) is 12.0. The quantitative estimate of drug-likeness (QED) is 0.613. The monoisotopic (exact) mass is 247 g/mol. The molecule has 7 heteroatoms. The summed E-state index contributed by atoms with van der Waals surface area (Å²) in [4.78, 5) is 13.4. The number of tetrazole rings is 1. The van der Waals surface area contributed by atoms with E-state index in [4.69, 9.17) is 10.5 Å². The Hall–Kier alpha value is -2.44. The third-order valence-corrected chi connectivity index (χ3v) is 2.43. The van der Waals surface area contributed by atoms with Gasteiger partial charge in [0.15, 0.2) is 11.6 Å². The van der Waals surface area contributed by atoms with E-state index in [9.17, 15) is 4.79 Å². The van der Waals surface area contributed by atoms with Gasteiger partial charge in [0, 0.05) is 11.3 Å². The average Bonchev–Trinajstić information content (AvgIpc) is 2.75. The molecule has 7 nitrogen and oxygen atoms in total. The fourth-order valence-corrected chi connectivity index (χ4v) is 1.54. The highest BCUT2D eigenvalue weighted by Crippen LogP contribution is 2.20. The first-order valence-corrected chi connectivity index (χ1v) is 5.29. The summed E-state index contributed by atoms with van der Waals surface area (Å²) in [5.41, 5.74) is 6.58. The van der Waals surface area contributed by atoms with Gasteiger partial charge in [-0.15, -0.1) is 10.2 Å². The molecule has 0 fully saturated rings. The van der Waals surface area contributed by atoms with Crippen molar-refractivity contribution < 1.29 is 9.53 Å². The molecule has 1 heterocycles. The van der Waals surface area contributed by atoms with E-state index in [1.54, 1.807) is 25.2 Å². The van der Waals surface area contributed by atoms with Gasteiger partial charge < -0.3 is 10.5 Å². The van der Waals surface area contributed by atoms with E-state index in [0.717, 1.165) is 0 Å². The Kier molecular flexibility index (Phi) is 3.22. The van der Waals surface area contributed by atoms with E-state index in [-0.39, 0.29) is 12.2 Å². The summed E-state index contributed by atoms with van der Waals surface area (Å²) in [7, 11) is 3.17. The lowest BCUT2D eigenvalue weighted by Gasteiger charge is -2.06. The van der Waals surface area contributed by atoms with Crippen molar-refractivity contribution in [2.75, 3.05) is 12.8 Å². The molecule has 0 spiro atoms. The van der Waals surface area contributed by atoms with Crippen molar-refractivity contribution in [2.45, 2.75) is 6.42 Å². The van der Waals surface area contributed by atoms with Gasteiger partial charge in [-0.05, 0) is 23.4 Å². The summed E-state index contributed by atoms with van der Waals surface area (Å²) in [6, 6.07) is 4.94. The Morgan fingerprint density at radius 2 is 2.28 bits per heavy atom. The number of carbonyl (C=O) groups excluding carboxylic acids is 1. The number of ketones is 1. The number of ether oxygens (including phenoxy) is 1. The minimum absolute atomic E-state index is 0.0607.